The minimum absolute atomic E-state index is 0.0401. The molecule has 0 saturated carbocycles. The lowest BCUT2D eigenvalue weighted by Gasteiger charge is -1.98. The van der Waals surface area contributed by atoms with Gasteiger partial charge in [0.05, 0.1) is 24.8 Å². The Bertz CT molecular complexity index is 544. The van der Waals surface area contributed by atoms with Gasteiger partial charge in [-0.05, 0) is 6.07 Å². The number of carbonyl (C=O) groups is 1. The number of benzene rings is 1. The molecule has 1 aromatic heterocycles. The van der Waals surface area contributed by atoms with Crippen molar-refractivity contribution in [2.45, 2.75) is 6.42 Å². The molecule has 5 heteroatoms. The van der Waals surface area contributed by atoms with E-state index in [0.717, 1.165) is 0 Å². The van der Waals surface area contributed by atoms with Crippen LogP contribution in [0, 0.1) is 0 Å². The van der Waals surface area contributed by atoms with E-state index in [4.69, 9.17) is 16.0 Å². The van der Waals surface area contributed by atoms with Crippen LogP contribution >= 0.6 is 11.6 Å². The van der Waals surface area contributed by atoms with E-state index in [1.54, 1.807) is 0 Å². The lowest BCUT2D eigenvalue weighted by atomic mass is 10.1. The molecule has 0 radical (unpaired) electrons. The second-order valence-electron chi connectivity index (χ2n) is 3.31. The van der Waals surface area contributed by atoms with Gasteiger partial charge in [0.25, 0.3) is 0 Å². The maximum atomic E-state index is 11.1. The molecule has 0 spiro atoms. The molecular weight excluding hydrogens is 232 g/mol. The standard InChI is InChI=1S/C11H9ClO4/c1-15-11(14)2-6-5-16-10-4-8(12)9(13)3-7(6)10/h3-5,13H,2H2,1H3. The predicted octanol–water partition coefficient (Wildman–Crippen LogP) is 2.51. The Labute approximate surface area is 96.4 Å². The van der Waals surface area contributed by atoms with Crippen LogP contribution in [0.1, 0.15) is 5.56 Å². The number of aromatic hydroxyl groups is 1. The van der Waals surface area contributed by atoms with Crippen LogP contribution in [0.5, 0.6) is 5.75 Å². The van der Waals surface area contributed by atoms with E-state index < -0.39 is 0 Å². The third-order valence-corrected chi connectivity index (χ3v) is 2.59. The number of hydrogen-bond acceptors (Lipinski definition) is 4. The lowest BCUT2D eigenvalue weighted by molar-refractivity contribution is -0.139. The van der Waals surface area contributed by atoms with Gasteiger partial charge in [0.2, 0.25) is 0 Å². The Kier molecular flexibility index (Phi) is 2.75. The van der Waals surface area contributed by atoms with Gasteiger partial charge in [-0.25, -0.2) is 0 Å². The molecule has 16 heavy (non-hydrogen) atoms. The maximum Gasteiger partial charge on any atom is 0.310 e. The summed E-state index contributed by atoms with van der Waals surface area (Å²) in [5.41, 5.74) is 1.19. The van der Waals surface area contributed by atoms with Crippen LogP contribution in [-0.2, 0) is 16.0 Å². The van der Waals surface area contributed by atoms with Crippen LogP contribution < -0.4 is 0 Å². The second-order valence-corrected chi connectivity index (χ2v) is 3.72. The van der Waals surface area contributed by atoms with Gasteiger partial charge in [-0.2, -0.15) is 0 Å². The highest BCUT2D eigenvalue weighted by Gasteiger charge is 2.12. The average molecular weight is 241 g/mol. The predicted molar refractivity (Wildman–Crippen MR) is 58.6 cm³/mol. The highest BCUT2D eigenvalue weighted by molar-refractivity contribution is 6.32. The molecule has 0 aliphatic heterocycles. The highest BCUT2D eigenvalue weighted by Crippen LogP contribution is 2.32. The molecule has 0 amide bonds. The molecule has 0 bridgehead atoms. The van der Waals surface area contributed by atoms with Crippen molar-refractivity contribution in [3.63, 3.8) is 0 Å². The Morgan fingerprint density at radius 2 is 2.31 bits per heavy atom. The van der Waals surface area contributed by atoms with Crippen LogP contribution in [0.3, 0.4) is 0 Å². The third kappa shape index (κ3) is 1.84. The van der Waals surface area contributed by atoms with Crippen LogP contribution in [0.25, 0.3) is 11.0 Å². The van der Waals surface area contributed by atoms with E-state index in [1.807, 2.05) is 0 Å². The molecule has 84 valence electrons. The number of halogens is 1. The van der Waals surface area contributed by atoms with Gasteiger partial charge in [-0.1, -0.05) is 11.6 Å². The summed E-state index contributed by atoms with van der Waals surface area (Å²) in [7, 11) is 1.32. The van der Waals surface area contributed by atoms with Crippen LogP contribution in [0.2, 0.25) is 5.02 Å². The molecule has 0 fully saturated rings. The zero-order chi connectivity index (χ0) is 11.7. The molecule has 0 aliphatic carbocycles. The summed E-state index contributed by atoms with van der Waals surface area (Å²) in [6.45, 7) is 0. The summed E-state index contributed by atoms with van der Waals surface area (Å²) < 4.78 is 9.78. The molecule has 2 aromatic rings. The van der Waals surface area contributed by atoms with Crippen LogP contribution in [-0.4, -0.2) is 18.2 Å². The average Bonchev–Trinajstić information content (AvgIpc) is 2.62. The molecule has 4 nitrogen and oxygen atoms in total. The monoisotopic (exact) mass is 240 g/mol. The Hall–Kier alpha value is -1.68. The van der Waals surface area contributed by atoms with Crippen molar-refractivity contribution in [3.05, 3.63) is 29.0 Å². The summed E-state index contributed by atoms with van der Waals surface area (Å²) in [5, 5.41) is 10.3. The number of esters is 1. The first-order chi connectivity index (χ1) is 7.61. The SMILES string of the molecule is COC(=O)Cc1coc2cc(Cl)c(O)cc12. The van der Waals surface area contributed by atoms with Crippen LogP contribution in [0.15, 0.2) is 22.8 Å². The highest BCUT2D eigenvalue weighted by atomic mass is 35.5. The van der Waals surface area contributed by atoms with E-state index in [2.05, 4.69) is 4.74 Å². The number of hydrogen-bond donors (Lipinski definition) is 1. The second kappa shape index (κ2) is 4.06. The first-order valence-corrected chi connectivity index (χ1v) is 4.95. The fraction of sp³-hybridized carbons (Fsp3) is 0.182. The van der Waals surface area contributed by atoms with Gasteiger partial charge < -0.3 is 14.3 Å². The molecule has 0 saturated heterocycles. The Morgan fingerprint density at radius 3 is 3.00 bits per heavy atom. The number of furan rings is 1. The van der Waals surface area contributed by atoms with Gasteiger partial charge in [-0.15, -0.1) is 0 Å². The van der Waals surface area contributed by atoms with E-state index in [9.17, 15) is 9.90 Å². The fourth-order valence-electron chi connectivity index (χ4n) is 1.45. The Morgan fingerprint density at radius 1 is 1.56 bits per heavy atom. The molecule has 1 aromatic carbocycles. The summed E-state index contributed by atoms with van der Waals surface area (Å²) in [6, 6.07) is 2.98. The maximum absolute atomic E-state index is 11.1. The summed E-state index contributed by atoms with van der Waals surface area (Å²) in [5.74, 6) is -0.404. The van der Waals surface area contributed by atoms with Crippen molar-refractivity contribution in [2.75, 3.05) is 7.11 Å². The zero-order valence-electron chi connectivity index (χ0n) is 8.49. The molecule has 0 unspecified atom stereocenters. The van der Waals surface area contributed by atoms with E-state index in [1.165, 1.54) is 25.5 Å². The van der Waals surface area contributed by atoms with E-state index >= 15 is 0 Å². The number of phenolic OH excluding ortho intramolecular Hbond substituents is 1. The summed E-state index contributed by atoms with van der Waals surface area (Å²) in [6.07, 6.45) is 1.56. The van der Waals surface area contributed by atoms with Crippen molar-refractivity contribution in [1.29, 1.82) is 0 Å². The van der Waals surface area contributed by atoms with Gasteiger partial charge in [0, 0.05) is 17.0 Å². The lowest BCUT2D eigenvalue weighted by Crippen LogP contribution is -2.03. The van der Waals surface area contributed by atoms with E-state index in [-0.39, 0.29) is 23.2 Å². The quantitative estimate of drug-likeness (QED) is 0.820. The number of phenols is 1. The topological polar surface area (TPSA) is 59.7 Å². The normalized spacial score (nSPS) is 10.6. The van der Waals surface area contributed by atoms with Gasteiger partial charge in [0.15, 0.2) is 0 Å². The van der Waals surface area contributed by atoms with Crippen molar-refractivity contribution in [2.24, 2.45) is 0 Å². The van der Waals surface area contributed by atoms with Gasteiger partial charge in [-0.3, -0.25) is 4.79 Å². The third-order valence-electron chi connectivity index (χ3n) is 2.29. The number of fused-ring (bicyclic) bond motifs is 1. The minimum atomic E-state index is -0.364. The van der Waals surface area contributed by atoms with Crippen LogP contribution in [0.4, 0.5) is 0 Å². The number of rotatable bonds is 2. The minimum Gasteiger partial charge on any atom is -0.506 e. The first-order valence-electron chi connectivity index (χ1n) is 4.57. The summed E-state index contributed by atoms with van der Waals surface area (Å²) >= 11 is 5.73. The Balaban J connectivity index is 2.48. The van der Waals surface area contributed by atoms with E-state index in [0.29, 0.717) is 16.5 Å². The number of ether oxygens (including phenoxy) is 1. The number of carbonyl (C=O) groups excluding carboxylic acids is 1. The van der Waals surface area contributed by atoms with Crippen molar-refractivity contribution < 1.29 is 19.1 Å². The smallest absolute Gasteiger partial charge is 0.310 e. The fourth-order valence-corrected chi connectivity index (χ4v) is 1.61. The molecule has 1 N–H and O–H groups in total. The molecule has 1 heterocycles. The molecule has 2 rings (SSSR count). The largest absolute Gasteiger partial charge is 0.506 e. The summed E-state index contributed by atoms with van der Waals surface area (Å²) in [4.78, 5) is 11.1. The van der Waals surface area contributed by atoms with Gasteiger partial charge >= 0.3 is 5.97 Å². The number of methoxy groups -OCH3 is 1. The first kappa shape index (κ1) is 10.8. The zero-order valence-corrected chi connectivity index (χ0v) is 9.25. The molecule has 0 aliphatic rings. The van der Waals surface area contributed by atoms with Crippen molar-refractivity contribution >= 4 is 28.5 Å². The molecule has 0 atom stereocenters. The van der Waals surface area contributed by atoms with Crippen molar-refractivity contribution in [1.82, 2.24) is 0 Å². The van der Waals surface area contributed by atoms with Gasteiger partial charge in [0.1, 0.15) is 11.3 Å². The van der Waals surface area contributed by atoms with Crippen molar-refractivity contribution in [3.8, 4) is 5.75 Å². The molecular formula is C11H9ClO4.